The van der Waals surface area contributed by atoms with Gasteiger partial charge in [0.05, 0.1) is 13.7 Å². The van der Waals surface area contributed by atoms with E-state index in [2.05, 4.69) is 26.8 Å². The minimum absolute atomic E-state index is 0.0235. The average molecular weight is 235 g/mol. The molecule has 1 aliphatic rings. The van der Waals surface area contributed by atoms with E-state index in [1.165, 1.54) is 5.56 Å². The molecule has 0 saturated carbocycles. The Morgan fingerprint density at radius 3 is 2.65 bits per heavy atom. The molecule has 2 N–H and O–H groups in total. The molecule has 0 bridgehead atoms. The SMILES string of the molecule is COc1cc2c(c(C(C)(C)C)c1)OCC[C@@H]2N. The van der Waals surface area contributed by atoms with Crippen molar-refractivity contribution < 1.29 is 9.47 Å². The van der Waals surface area contributed by atoms with Crippen LogP contribution in [0.5, 0.6) is 11.5 Å². The standard InChI is InChI=1S/C14H21NO2/c1-14(2,3)11-8-9(16-4)7-10-12(15)5-6-17-13(10)11/h7-8,12H,5-6,15H2,1-4H3/t12-/m0/s1. The predicted octanol–water partition coefficient (Wildman–Crippen LogP) is 2.78. The third kappa shape index (κ3) is 2.25. The molecule has 0 spiro atoms. The van der Waals surface area contributed by atoms with Crippen LogP contribution in [0.3, 0.4) is 0 Å². The van der Waals surface area contributed by atoms with Crippen molar-refractivity contribution in [1.29, 1.82) is 0 Å². The van der Waals surface area contributed by atoms with Crippen molar-refractivity contribution in [1.82, 2.24) is 0 Å². The highest BCUT2D eigenvalue weighted by atomic mass is 16.5. The van der Waals surface area contributed by atoms with Crippen LogP contribution in [0.15, 0.2) is 12.1 Å². The van der Waals surface area contributed by atoms with Gasteiger partial charge in [-0.3, -0.25) is 0 Å². The fourth-order valence-corrected chi connectivity index (χ4v) is 2.18. The van der Waals surface area contributed by atoms with Crippen molar-refractivity contribution in [2.45, 2.75) is 38.6 Å². The normalized spacial score (nSPS) is 19.5. The van der Waals surface area contributed by atoms with E-state index < -0.39 is 0 Å². The fraction of sp³-hybridized carbons (Fsp3) is 0.571. The molecule has 0 fully saturated rings. The first kappa shape index (κ1) is 12.2. The van der Waals surface area contributed by atoms with Gasteiger partial charge in [-0.2, -0.15) is 0 Å². The Hall–Kier alpha value is -1.22. The zero-order valence-corrected chi connectivity index (χ0v) is 11.0. The first-order valence-electron chi connectivity index (χ1n) is 6.04. The molecule has 1 aromatic carbocycles. The Kier molecular flexibility index (Phi) is 3.04. The number of benzene rings is 1. The van der Waals surface area contributed by atoms with Gasteiger partial charge in [-0.25, -0.2) is 0 Å². The van der Waals surface area contributed by atoms with Crippen molar-refractivity contribution >= 4 is 0 Å². The first-order chi connectivity index (χ1) is 7.93. The molecule has 0 amide bonds. The van der Waals surface area contributed by atoms with Crippen LogP contribution in [0.25, 0.3) is 0 Å². The average Bonchev–Trinajstić information content (AvgIpc) is 2.27. The van der Waals surface area contributed by atoms with Crippen molar-refractivity contribution in [2.24, 2.45) is 5.73 Å². The molecule has 1 heterocycles. The Bertz CT molecular complexity index is 421. The number of hydrogen-bond donors (Lipinski definition) is 1. The lowest BCUT2D eigenvalue weighted by molar-refractivity contribution is 0.260. The molecule has 1 aromatic rings. The highest BCUT2D eigenvalue weighted by molar-refractivity contribution is 5.52. The molecule has 1 atom stereocenters. The minimum Gasteiger partial charge on any atom is -0.497 e. The van der Waals surface area contributed by atoms with E-state index >= 15 is 0 Å². The van der Waals surface area contributed by atoms with Gasteiger partial charge < -0.3 is 15.2 Å². The topological polar surface area (TPSA) is 44.5 Å². The summed E-state index contributed by atoms with van der Waals surface area (Å²) in [5.74, 6) is 1.81. The second kappa shape index (κ2) is 4.22. The number of ether oxygens (including phenoxy) is 2. The Labute approximate surface area is 103 Å². The van der Waals surface area contributed by atoms with Crippen LogP contribution in [0.4, 0.5) is 0 Å². The van der Waals surface area contributed by atoms with E-state index in [0.717, 1.165) is 23.5 Å². The monoisotopic (exact) mass is 235 g/mol. The Morgan fingerprint density at radius 1 is 1.35 bits per heavy atom. The first-order valence-corrected chi connectivity index (χ1v) is 6.04. The number of rotatable bonds is 1. The summed E-state index contributed by atoms with van der Waals surface area (Å²) >= 11 is 0. The third-order valence-corrected chi connectivity index (χ3v) is 3.21. The lowest BCUT2D eigenvalue weighted by atomic mass is 9.83. The van der Waals surface area contributed by atoms with Crippen molar-refractivity contribution in [3.8, 4) is 11.5 Å². The van der Waals surface area contributed by atoms with Gasteiger partial charge in [0.2, 0.25) is 0 Å². The van der Waals surface area contributed by atoms with Crippen LogP contribution >= 0.6 is 0 Å². The van der Waals surface area contributed by atoms with E-state index in [-0.39, 0.29) is 11.5 Å². The second-order valence-corrected chi connectivity index (χ2v) is 5.59. The van der Waals surface area contributed by atoms with Crippen molar-refractivity contribution in [2.75, 3.05) is 13.7 Å². The van der Waals surface area contributed by atoms with E-state index in [4.69, 9.17) is 15.2 Å². The molecule has 0 saturated heterocycles. The summed E-state index contributed by atoms with van der Waals surface area (Å²) in [6, 6.07) is 4.10. The maximum Gasteiger partial charge on any atom is 0.128 e. The van der Waals surface area contributed by atoms with Gasteiger partial charge in [0.1, 0.15) is 11.5 Å². The molecule has 1 aliphatic heterocycles. The summed E-state index contributed by atoms with van der Waals surface area (Å²) in [5.41, 5.74) is 8.41. The zero-order chi connectivity index (χ0) is 12.6. The number of methoxy groups -OCH3 is 1. The maximum atomic E-state index is 6.15. The molecule has 94 valence electrons. The van der Waals surface area contributed by atoms with E-state index in [1.54, 1.807) is 7.11 Å². The van der Waals surface area contributed by atoms with Gasteiger partial charge in [-0.15, -0.1) is 0 Å². The highest BCUT2D eigenvalue weighted by Crippen LogP contribution is 2.42. The highest BCUT2D eigenvalue weighted by Gasteiger charge is 2.27. The van der Waals surface area contributed by atoms with Crippen LogP contribution in [0.1, 0.15) is 44.4 Å². The van der Waals surface area contributed by atoms with Crippen LogP contribution < -0.4 is 15.2 Å². The maximum absolute atomic E-state index is 6.15. The van der Waals surface area contributed by atoms with Crippen LogP contribution in [0, 0.1) is 0 Å². The molecule has 3 heteroatoms. The quantitative estimate of drug-likeness (QED) is 0.814. The molecule has 17 heavy (non-hydrogen) atoms. The van der Waals surface area contributed by atoms with Crippen LogP contribution in [0.2, 0.25) is 0 Å². The third-order valence-electron chi connectivity index (χ3n) is 3.21. The van der Waals surface area contributed by atoms with Gasteiger partial charge in [-0.05, 0) is 17.5 Å². The molecule has 0 radical (unpaired) electrons. The van der Waals surface area contributed by atoms with E-state index in [1.807, 2.05) is 6.07 Å². The van der Waals surface area contributed by atoms with Gasteiger partial charge in [0.15, 0.2) is 0 Å². The zero-order valence-electron chi connectivity index (χ0n) is 11.0. The van der Waals surface area contributed by atoms with Gasteiger partial charge in [0, 0.05) is 23.6 Å². The second-order valence-electron chi connectivity index (χ2n) is 5.59. The minimum atomic E-state index is 0.0235. The Balaban J connectivity index is 2.62. The summed E-state index contributed by atoms with van der Waals surface area (Å²) in [5, 5.41) is 0. The lowest BCUT2D eigenvalue weighted by Gasteiger charge is -2.30. The van der Waals surface area contributed by atoms with E-state index in [0.29, 0.717) is 6.61 Å². The van der Waals surface area contributed by atoms with Crippen LogP contribution in [-0.2, 0) is 5.41 Å². The summed E-state index contributed by atoms with van der Waals surface area (Å²) in [4.78, 5) is 0. The summed E-state index contributed by atoms with van der Waals surface area (Å²) in [6.45, 7) is 7.21. The van der Waals surface area contributed by atoms with E-state index in [9.17, 15) is 0 Å². The summed E-state index contributed by atoms with van der Waals surface area (Å²) < 4.78 is 11.2. The Morgan fingerprint density at radius 2 is 2.06 bits per heavy atom. The molecule has 0 aliphatic carbocycles. The molecule has 3 nitrogen and oxygen atoms in total. The molecule has 2 rings (SSSR count). The number of hydrogen-bond acceptors (Lipinski definition) is 3. The van der Waals surface area contributed by atoms with Gasteiger partial charge >= 0.3 is 0 Å². The fourth-order valence-electron chi connectivity index (χ4n) is 2.18. The number of fused-ring (bicyclic) bond motifs is 1. The lowest BCUT2D eigenvalue weighted by Crippen LogP contribution is -2.24. The summed E-state index contributed by atoms with van der Waals surface area (Å²) in [7, 11) is 1.68. The van der Waals surface area contributed by atoms with Gasteiger partial charge in [0.25, 0.3) is 0 Å². The molecule has 0 unspecified atom stereocenters. The number of nitrogens with two attached hydrogens (primary N) is 1. The molecular weight excluding hydrogens is 214 g/mol. The van der Waals surface area contributed by atoms with Crippen molar-refractivity contribution in [3.05, 3.63) is 23.3 Å². The summed E-state index contributed by atoms with van der Waals surface area (Å²) in [6.07, 6.45) is 0.865. The van der Waals surface area contributed by atoms with Gasteiger partial charge in [-0.1, -0.05) is 20.8 Å². The van der Waals surface area contributed by atoms with Crippen molar-refractivity contribution in [3.63, 3.8) is 0 Å². The van der Waals surface area contributed by atoms with Crippen LogP contribution in [-0.4, -0.2) is 13.7 Å². The largest absolute Gasteiger partial charge is 0.497 e. The predicted molar refractivity (Wildman–Crippen MR) is 68.7 cm³/mol. The molecular formula is C14H21NO2. The smallest absolute Gasteiger partial charge is 0.128 e. The molecule has 0 aromatic heterocycles.